The van der Waals surface area contributed by atoms with Crippen molar-refractivity contribution in [3.05, 3.63) is 82.5 Å². The minimum Gasteiger partial charge on any atom is -0.493 e. The Hall–Kier alpha value is -4.10. The minimum absolute atomic E-state index is 0.166. The first-order valence-corrected chi connectivity index (χ1v) is 11.0. The van der Waals surface area contributed by atoms with Gasteiger partial charge in [0.1, 0.15) is 0 Å². The molecule has 35 heavy (non-hydrogen) atoms. The van der Waals surface area contributed by atoms with Crippen molar-refractivity contribution in [3.8, 4) is 23.0 Å². The summed E-state index contributed by atoms with van der Waals surface area (Å²) < 4.78 is 21.6. The van der Waals surface area contributed by atoms with E-state index in [2.05, 4.69) is 5.32 Å². The Balaban J connectivity index is 1.85. The Morgan fingerprint density at radius 3 is 1.94 bits per heavy atom. The van der Waals surface area contributed by atoms with Crippen molar-refractivity contribution >= 4 is 40.9 Å². The number of methoxy groups -OCH3 is 4. The van der Waals surface area contributed by atoms with Gasteiger partial charge in [0.25, 0.3) is 0 Å². The topological polar surface area (TPSA) is 92.0 Å². The first-order valence-electron chi connectivity index (χ1n) is 10.6. The Labute approximate surface area is 209 Å². The van der Waals surface area contributed by atoms with Crippen molar-refractivity contribution in [2.75, 3.05) is 39.5 Å². The van der Waals surface area contributed by atoms with Crippen LogP contribution in [0.5, 0.6) is 23.0 Å². The number of nitrogens with one attached hydrogen (secondary N) is 1. The highest BCUT2D eigenvalue weighted by atomic mass is 35.5. The van der Waals surface area contributed by atoms with E-state index in [-0.39, 0.29) is 5.78 Å². The maximum atomic E-state index is 12.4. The average molecular weight is 495 g/mol. The molecule has 0 atom stereocenters. The predicted molar refractivity (Wildman–Crippen MR) is 141 cm³/mol. The number of anilines is 2. The molecule has 3 aromatic rings. The van der Waals surface area contributed by atoms with Crippen LogP contribution in [0.25, 0.3) is 12.2 Å². The van der Waals surface area contributed by atoms with Gasteiger partial charge in [0.15, 0.2) is 23.0 Å². The van der Waals surface area contributed by atoms with E-state index in [1.807, 2.05) is 30.4 Å². The first-order chi connectivity index (χ1) is 16.9. The van der Waals surface area contributed by atoms with Gasteiger partial charge in [-0.3, -0.25) is 4.79 Å². The van der Waals surface area contributed by atoms with Crippen LogP contribution in [0.3, 0.4) is 0 Å². The van der Waals surface area contributed by atoms with Crippen molar-refractivity contribution in [3.63, 3.8) is 0 Å². The van der Waals surface area contributed by atoms with E-state index in [1.165, 1.54) is 13.2 Å². The fourth-order valence-electron chi connectivity index (χ4n) is 3.37. The first kappa shape index (κ1) is 25.5. The molecular weight excluding hydrogens is 468 g/mol. The number of carbonyl (C=O) groups is 1. The molecule has 0 aliphatic heterocycles. The molecule has 0 amide bonds. The average Bonchev–Trinajstić information content (AvgIpc) is 2.86. The van der Waals surface area contributed by atoms with E-state index < -0.39 is 0 Å². The largest absolute Gasteiger partial charge is 0.493 e. The lowest BCUT2D eigenvalue weighted by molar-refractivity contribution is 0.104. The van der Waals surface area contributed by atoms with Crippen LogP contribution in [0.1, 0.15) is 21.5 Å². The fraction of sp³-hybridized carbons (Fsp3) is 0.148. The van der Waals surface area contributed by atoms with E-state index in [0.29, 0.717) is 45.0 Å². The van der Waals surface area contributed by atoms with Crippen LogP contribution in [0.15, 0.2) is 60.8 Å². The number of hydrogen-bond donors (Lipinski definition) is 2. The highest BCUT2D eigenvalue weighted by molar-refractivity contribution is 6.32. The molecule has 0 radical (unpaired) electrons. The molecule has 0 aromatic heterocycles. The number of ether oxygens (including phenoxy) is 4. The molecule has 3 N–H and O–H groups in total. The summed E-state index contributed by atoms with van der Waals surface area (Å²) in [7, 11) is 6.22. The van der Waals surface area contributed by atoms with Gasteiger partial charge in [0.2, 0.25) is 5.75 Å². The van der Waals surface area contributed by atoms with Gasteiger partial charge in [-0.05, 0) is 59.7 Å². The Morgan fingerprint density at radius 1 is 0.829 bits per heavy atom. The normalized spacial score (nSPS) is 11.0. The second-order valence-electron chi connectivity index (χ2n) is 7.34. The summed E-state index contributed by atoms with van der Waals surface area (Å²) in [4.78, 5) is 12.4. The highest BCUT2D eigenvalue weighted by Gasteiger charge is 2.13. The van der Waals surface area contributed by atoms with Crippen molar-refractivity contribution in [1.29, 1.82) is 0 Å². The smallest absolute Gasteiger partial charge is 0.203 e. The molecule has 0 spiro atoms. The van der Waals surface area contributed by atoms with Gasteiger partial charge in [-0.25, -0.2) is 0 Å². The van der Waals surface area contributed by atoms with Gasteiger partial charge in [-0.15, -0.1) is 0 Å². The van der Waals surface area contributed by atoms with Gasteiger partial charge >= 0.3 is 0 Å². The lowest BCUT2D eigenvalue weighted by Crippen LogP contribution is -1.98. The van der Waals surface area contributed by atoms with Crippen LogP contribution < -0.4 is 30.0 Å². The zero-order chi connectivity index (χ0) is 25.4. The van der Waals surface area contributed by atoms with E-state index in [9.17, 15) is 4.79 Å². The number of halogens is 1. The van der Waals surface area contributed by atoms with E-state index in [0.717, 1.165) is 11.1 Å². The van der Waals surface area contributed by atoms with Crippen molar-refractivity contribution < 1.29 is 23.7 Å². The monoisotopic (exact) mass is 494 g/mol. The third kappa shape index (κ3) is 6.28. The van der Waals surface area contributed by atoms with Crippen LogP contribution >= 0.6 is 11.6 Å². The quantitative estimate of drug-likeness (QED) is 0.156. The zero-order valence-electron chi connectivity index (χ0n) is 19.9. The van der Waals surface area contributed by atoms with Gasteiger partial charge in [-0.1, -0.05) is 23.8 Å². The number of nitrogens with two attached hydrogens (primary N) is 1. The van der Waals surface area contributed by atoms with E-state index in [4.69, 9.17) is 36.3 Å². The molecule has 0 heterocycles. The summed E-state index contributed by atoms with van der Waals surface area (Å²) in [6.07, 6.45) is 6.75. The van der Waals surface area contributed by atoms with Crippen LogP contribution in [0, 0.1) is 0 Å². The standard InChI is InChI=1S/C27H27ClN2O5/c1-32-24-15-18(16-25(33-2)27(24)35-4)6-5-17-13-21(28)26(34-3)22(14-17)30-12-11-23(31)19-7-9-20(29)10-8-19/h5-16,30H,29H2,1-4H3/b6-5-,12-11-. The van der Waals surface area contributed by atoms with Crippen molar-refractivity contribution in [1.82, 2.24) is 0 Å². The molecule has 8 heteroatoms. The molecule has 7 nitrogen and oxygen atoms in total. The molecule has 3 aromatic carbocycles. The van der Waals surface area contributed by atoms with Gasteiger partial charge in [-0.2, -0.15) is 0 Å². The summed E-state index contributed by atoms with van der Waals surface area (Å²) in [5.74, 6) is 1.92. The van der Waals surface area contributed by atoms with Crippen LogP contribution in [-0.4, -0.2) is 34.2 Å². The Kier molecular flexibility index (Phi) is 8.64. The fourth-order valence-corrected chi connectivity index (χ4v) is 3.67. The van der Waals surface area contributed by atoms with Gasteiger partial charge in [0, 0.05) is 23.5 Å². The molecule has 0 bridgehead atoms. The van der Waals surface area contributed by atoms with Gasteiger partial charge in [0.05, 0.1) is 39.1 Å². The van der Waals surface area contributed by atoms with E-state index >= 15 is 0 Å². The van der Waals surface area contributed by atoms with Crippen LogP contribution in [-0.2, 0) is 0 Å². The molecule has 3 rings (SSSR count). The zero-order valence-corrected chi connectivity index (χ0v) is 20.7. The molecule has 0 unspecified atom stereocenters. The summed E-state index contributed by atoms with van der Waals surface area (Å²) in [5.41, 5.74) is 9.06. The molecule has 0 aliphatic carbocycles. The van der Waals surface area contributed by atoms with Crippen molar-refractivity contribution in [2.24, 2.45) is 0 Å². The second kappa shape index (κ2) is 11.9. The van der Waals surface area contributed by atoms with Crippen LogP contribution in [0.2, 0.25) is 5.02 Å². The Bertz CT molecular complexity index is 1230. The Morgan fingerprint density at radius 2 is 1.40 bits per heavy atom. The molecule has 0 aliphatic rings. The lowest BCUT2D eigenvalue weighted by Gasteiger charge is -2.13. The van der Waals surface area contributed by atoms with Crippen molar-refractivity contribution in [2.45, 2.75) is 0 Å². The second-order valence-corrected chi connectivity index (χ2v) is 7.75. The number of benzene rings is 3. The van der Waals surface area contributed by atoms with Crippen LogP contribution in [0.4, 0.5) is 11.4 Å². The summed E-state index contributed by atoms with van der Waals surface area (Å²) >= 11 is 6.45. The number of nitrogen functional groups attached to an aromatic ring is 1. The predicted octanol–water partition coefficient (Wildman–Crippen LogP) is 5.94. The summed E-state index contributed by atoms with van der Waals surface area (Å²) in [6.45, 7) is 0. The van der Waals surface area contributed by atoms with Gasteiger partial charge < -0.3 is 30.0 Å². The molecule has 0 saturated heterocycles. The minimum atomic E-state index is -0.166. The third-order valence-electron chi connectivity index (χ3n) is 5.09. The molecule has 0 saturated carbocycles. The number of hydrogen-bond acceptors (Lipinski definition) is 7. The maximum Gasteiger partial charge on any atom is 0.203 e. The number of carbonyl (C=O) groups excluding carboxylic acids is 1. The number of allylic oxidation sites excluding steroid dienone is 1. The molecular formula is C27H27ClN2O5. The SMILES string of the molecule is COc1cc(/C=C\c2cc(Cl)c(OC)c(N/C=C\C(=O)c3ccc(N)cc3)c2)cc(OC)c1OC. The lowest BCUT2D eigenvalue weighted by atomic mass is 10.1. The maximum absolute atomic E-state index is 12.4. The molecule has 182 valence electrons. The number of ketones is 1. The highest BCUT2D eigenvalue weighted by Crippen LogP contribution is 2.39. The summed E-state index contributed by atoms with van der Waals surface area (Å²) in [6, 6.07) is 14.0. The van der Waals surface area contributed by atoms with E-state index in [1.54, 1.807) is 57.9 Å². The third-order valence-corrected chi connectivity index (χ3v) is 5.37. The number of rotatable bonds is 10. The summed E-state index contributed by atoms with van der Waals surface area (Å²) in [5, 5.41) is 3.50. The molecule has 0 fully saturated rings.